The van der Waals surface area contributed by atoms with Gasteiger partial charge in [0, 0.05) is 19.3 Å². The fraction of sp³-hybridized carbons (Fsp3) is 0.412. The van der Waals surface area contributed by atoms with E-state index in [4.69, 9.17) is 11.6 Å². The molecular formula is C17H22ClN3O5S3. The summed E-state index contributed by atoms with van der Waals surface area (Å²) in [5, 5.41) is 3.91. The monoisotopic (exact) mass is 479 g/mol. The van der Waals surface area contributed by atoms with E-state index in [0.29, 0.717) is 0 Å². The van der Waals surface area contributed by atoms with Crippen molar-refractivity contribution in [3.63, 3.8) is 0 Å². The number of aryl methyl sites for hydroxylation is 2. The van der Waals surface area contributed by atoms with Crippen molar-refractivity contribution < 1.29 is 21.6 Å². The van der Waals surface area contributed by atoms with Gasteiger partial charge in [-0.1, -0.05) is 29.8 Å². The molecule has 8 nitrogen and oxygen atoms in total. The van der Waals surface area contributed by atoms with Crippen LogP contribution in [0.2, 0.25) is 5.15 Å². The fourth-order valence-corrected chi connectivity index (χ4v) is 7.47. The van der Waals surface area contributed by atoms with Gasteiger partial charge >= 0.3 is 0 Å². The van der Waals surface area contributed by atoms with Crippen LogP contribution in [0.1, 0.15) is 12.6 Å². The molecule has 0 aliphatic carbocycles. The highest BCUT2D eigenvalue weighted by molar-refractivity contribution is 8.01. The van der Waals surface area contributed by atoms with E-state index in [1.54, 1.807) is 25.1 Å². The minimum atomic E-state index is -4.16. The Morgan fingerprint density at radius 3 is 2.34 bits per heavy atom. The summed E-state index contributed by atoms with van der Waals surface area (Å²) in [6.07, 6.45) is 0. The van der Waals surface area contributed by atoms with Crippen LogP contribution in [0.25, 0.3) is 0 Å². The number of sulfone groups is 1. The first-order chi connectivity index (χ1) is 13.5. The molecule has 0 fully saturated rings. The van der Waals surface area contributed by atoms with Crippen LogP contribution >= 0.6 is 23.4 Å². The van der Waals surface area contributed by atoms with E-state index in [1.807, 2.05) is 0 Å². The summed E-state index contributed by atoms with van der Waals surface area (Å²) in [4.78, 5) is 12.5. The largest absolute Gasteiger partial charge is 0.273 e. The van der Waals surface area contributed by atoms with Crippen molar-refractivity contribution in [3.05, 3.63) is 41.2 Å². The zero-order chi connectivity index (χ0) is 21.8. The maximum atomic E-state index is 12.9. The van der Waals surface area contributed by atoms with Crippen LogP contribution in [-0.4, -0.2) is 60.6 Å². The highest BCUT2D eigenvalue weighted by Gasteiger charge is 2.33. The summed E-state index contributed by atoms with van der Waals surface area (Å²) in [5.41, 5.74) is 0.199. The molecule has 0 saturated carbocycles. The third-order valence-corrected chi connectivity index (χ3v) is 9.56. The Morgan fingerprint density at radius 1 is 1.21 bits per heavy atom. The molecule has 0 atom stereocenters. The van der Waals surface area contributed by atoms with Crippen LogP contribution in [0.3, 0.4) is 0 Å². The Kier molecular flexibility index (Phi) is 7.77. The lowest BCUT2D eigenvalue weighted by Crippen LogP contribution is -2.38. The van der Waals surface area contributed by atoms with E-state index in [2.05, 4.69) is 5.10 Å². The summed E-state index contributed by atoms with van der Waals surface area (Å²) in [7, 11) is -6.11. The molecule has 0 aliphatic heterocycles. The van der Waals surface area contributed by atoms with E-state index in [9.17, 15) is 21.6 Å². The molecule has 1 heterocycles. The third kappa shape index (κ3) is 5.33. The van der Waals surface area contributed by atoms with Gasteiger partial charge < -0.3 is 0 Å². The summed E-state index contributed by atoms with van der Waals surface area (Å²) >= 11 is 7.11. The maximum Gasteiger partial charge on any atom is 0.271 e. The number of halogens is 1. The van der Waals surface area contributed by atoms with Gasteiger partial charge in [0.2, 0.25) is 5.91 Å². The first kappa shape index (κ1) is 23.7. The van der Waals surface area contributed by atoms with E-state index in [0.717, 1.165) is 16.1 Å². The Bertz CT molecular complexity index is 1080. The Hall–Kier alpha value is -1.56. The summed E-state index contributed by atoms with van der Waals surface area (Å²) < 4.78 is 52.3. The van der Waals surface area contributed by atoms with Crippen molar-refractivity contribution in [3.8, 4) is 0 Å². The number of carbonyl (C=O) groups excluding carboxylic acids is 1. The Balaban J connectivity index is 2.03. The van der Waals surface area contributed by atoms with Gasteiger partial charge in [0.15, 0.2) is 9.84 Å². The van der Waals surface area contributed by atoms with Gasteiger partial charge in [-0.05, 0) is 26.0 Å². The number of hydrogen-bond donors (Lipinski definition) is 0. The van der Waals surface area contributed by atoms with Gasteiger partial charge in [-0.15, -0.1) is 0 Å². The highest BCUT2D eigenvalue weighted by atomic mass is 35.5. The summed E-state index contributed by atoms with van der Waals surface area (Å²) in [6, 6.07) is 8.02. The van der Waals surface area contributed by atoms with Gasteiger partial charge in [-0.3, -0.25) is 9.48 Å². The molecule has 0 aliphatic rings. The zero-order valence-corrected chi connectivity index (χ0v) is 19.4. The quantitative estimate of drug-likeness (QED) is 0.507. The molecule has 0 N–H and O–H groups in total. The second-order valence-corrected chi connectivity index (χ2v) is 11.4. The molecule has 12 heteroatoms. The lowest BCUT2D eigenvalue weighted by molar-refractivity contribution is -0.123. The van der Waals surface area contributed by atoms with Crippen LogP contribution in [-0.2, 0) is 31.7 Å². The van der Waals surface area contributed by atoms with Gasteiger partial charge in [-0.25, -0.2) is 21.1 Å². The molecule has 0 radical (unpaired) electrons. The summed E-state index contributed by atoms with van der Waals surface area (Å²) in [6.45, 7) is 2.97. The summed E-state index contributed by atoms with van der Waals surface area (Å²) in [5.74, 6) is -0.808. The molecule has 2 aromatic rings. The second kappa shape index (κ2) is 9.50. The lowest BCUT2D eigenvalue weighted by Gasteiger charge is -2.20. The fourth-order valence-electron chi connectivity index (χ4n) is 2.64. The molecule has 1 aromatic heterocycles. The van der Waals surface area contributed by atoms with Crippen molar-refractivity contribution in [1.29, 1.82) is 0 Å². The minimum absolute atomic E-state index is 0.0737. The molecule has 0 bridgehead atoms. The van der Waals surface area contributed by atoms with Crippen molar-refractivity contribution in [2.75, 3.05) is 23.8 Å². The van der Waals surface area contributed by atoms with E-state index in [-0.39, 0.29) is 44.4 Å². The van der Waals surface area contributed by atoms with Gasteiger partial charge in [-0.2, -0.15) is 16.9 Å². The van der Waals surface area contributed by atoms with E-state index in [1.165, 1.54) is 30.8 Å². The normalized spacial score (nSPS) is 12.1. The zero-order valence-electron chi connectivity index (χ0n) is 16.2. The topological polar surface area (TPSA) is 106 Å². The number of hydrogen-bond acceptors (Lipinski definition) is 7. The average Bonchev–Trinajstić information content (AvgIpc) is 2.92. The molecule has 29 heavy (non-hydrogen) atoms. The molecule has 0 unspecified atom stereocenters. The Labute approximate surface area is 180 Å². The second-order valence-electron chi connectivity index (χ2n) is 6.08. The van der Waals surface area contributed by atoms with Crippen molar-refractivity contribution in [2.45, 2.75) is 23.6 Å². The average molecular weight is 480 g/mol. The molecule has 0 spiro atoms. The predicted octanol–water partition coefficient (Wildman–Crippen LogP) is 2.13. The number of nitrogens with zero attached hydrogens (tertiary/aromatic N) is 3. The molecule has 160 valence electrons. The lowest BCUT2D eigenvalue weighted by atomic mass is 10.4. The van der Waals surface area contributed by atoms with Crippen LogP contribution < -0.4 is 0 Å². The van der Waals surface area contributed by atoms with Crippen molar-refractivity contribution >= 4 is 49.1 Å². The van der Waals surface area contributed by atoms with Crippen LogP contribution in [0.4, 0.5) is 0 Å². The molecule has 2 rings (SSSR count). The Morgan fingerprint density at radius 2 is 1.83 bits per heavy atom. The van der Waals surface area contributed by atoms with Crippen LogP contribution in [0, 0.1) is 6.92 Å². The van der Waals surface area contributed by atoms with Crippen molar-refractivity contribution in [2.24, 2.45) is 7.05 Å². The van der Waals surface area contributed by atoms with Crippen LogP contribution in [0.15, 0.2) is 40.1 Å². The number of carbonyl (C=O) groups is 1. The van der Waals surface area contributed by atoms with E-state index >= 15 is 0 Å². The van der Waals surface area contributed by atoms with Crippen LogP contribution in [0.5, 0.6) is 0 Å². The number of sulfonamides is 1. The van der Waals surface area contributed by atoms with Crippen molar-refractivity contribution in [1.82, 2.24) is 14.1 Å². The van der Waals surface area contributed by atoms with Gasteiger partial charge in [0.25, 0.3) is 10.0 Å². The minimum Gasteiger partial charge on any atom is -0.273 e. The highest BCUT2D eigenvalue weighted by Crippen LogP contribution is 2.27. The smallest absolute Gasteiger partial charge is 0.271 e. The van der Waals surface area contributed by atoms with Gasteiger partial charge in [0.1, 0.15) is 10.0 Å². The van der Waals surface area contributed by atoms with E-state index < -0.39 is 25.8 Å². The van der Waals surface area contributed by atoms with Gasteiger partial charge in [0.05, 0.1) is 22.1 Å². The number of thioether (sulfide) groups is 1. The number of aromatic nitrogens is 2. The number of benzene rings is 1. The first-order valence-corrected chi connectivity index (χ1v) is 13.2. The molecular weight excluding hydrogens is 458 g/mol. The maximum absolute atomic E-state index is 12.9. The first-order valence-electron chi connectivity index (χ1n) is 8.62. The predicted molar refractivity (Wildman–Crippen MR) is 113 cm³/mol. The standard InChI is InChI=1S/C17H22ClN3O5S3/c1-4-21(29(25,26)16-13(2)19-20(3)17(16)18)15(22)12-27-10-11-28(23,24)14-8-6-5-7-9-14/h5-9H,4,10-12H2,1-3H3. The number of rotatable bonds is 9. The SMILES string of the molecule is CCN(C(=O)CSCCS(=O)(=O)c1ccccc1)S(=O)(=O)c1c(C)nn(C)c1Cl. The number of amides is 1. The molecule has 1 amide bonds. The third-order valence-electron chi connectivity index (χ3n) is 4.04. The molecule has 0 saturated heterocycles. The molecule has 1 aromatic carbocycles.